The van der Waals surface area contributed by atoms with Gasteiger partial charge < -0.3 is 63.4 Å². The van der Waals surface area contributed by atoms with Gasteiger partial charge in [-0.15, -0.1) is 22.0 Å². The number of quaternary nitrogens is 2. The van der Waals surface area contributed by atoms with Crippen LogP contribution in [0, 0.1) is 11.6 Å². The van der Waals surface area contributed by atoms with Crippen molar-refractivity contribution in [3.63, 3.8) is 0 Å². The number of benzene rings is 5. The van der Waals surface area contributed by atoms with E-state index in [9.17, 15) is 22.0 Å². The highest BCUT2D eigenvalue weighted by Gasteiger charge is 2.37. The number of ether oxygens (including phenoxy) is 3. The highest BCUT2D eigenvalue weighted by molar-refractivity contribution is 7.98. The predicted molar refractivity (Wildman–Crippen MR) is 323 cm³/mol. The van der Waals surface area contributed by atoms with Crippen LogP contribution in [0.1, 0.15) is 91.2 Å². The van der Waals surface area contributed by atoms with Gasteiger partial charge in [0.05, 0.1) is 117 Å². The molecule has 26 heteroatoms. The standard InChI is InChI=1S/C32H38Cl2FN4O4S2.C27H32Cl2FN5O3.2ClH/c1-32(2,22-7-6-8-25(17-22)45(41,42)37-13-14-39(3,4)5)30-20-36-31(38(30)23-9-11-28(35)26(33)18-23)21-44-29-12-10-24(19-27(29)34)43-16-15-40;1-27(2,16-6-7-22(37-5)21(30)12-16)26-33-32-24(34(26)17-8-10-35(3,4)11-9-17)15-38-23-14-19(28)18(25(31)36)13-20(23)29;;/h6-12,17-20,37,40H,13-16,21H2,1-5H3;6-7,12-14,17H,8-11,15H2,1-5H3,(H-,31,36);2*1H/q+1;;;/p-1. The van der Waals surface area contributed by atoms with Crippen LogP contribution >= 0.6 is 58.2 Å². The van der Waals surface area contributed by atoms with Crippen molar-refractivity contribution < 1.29 is 75.1 Å². The van der Waals surface area contributed by atoms with E-state index in [1.165, 1.54) is 43.1 Å². The van der Waals surface area contributed by atoms with Gasteiger partial charge in [-0.1, -0.05) is 78.5 Å². The normalized spacial score (nSPS) is 13.7. The fraction of sp³-hybridized carbons (Fsp3) is 0.390. The number of piperidine rings is 1. The van der Waals surface area contributed by atoms with Crippen LogP contribution < -0.4 is 49.5 Å². The van der Waals surface area contributed by atoms with Crippen molar-refractivity contribution in [2.45, 2.75) is 79.6 Å². The van der Waals surface area contributed by atoms with E-state index in [1.807, 2.05) is 71.6 Å². The number of primary amides is 1. The van der Waals surface area contributed by atoms with Crippen LogP contribution in [-0.4, -0.2) is 134 Å². The van der Waals surface area contributed by atoms with Gasteiger partial charge in [0.2, 0.25) is 15.9 Å². The van der Waals surface area contributed by atoms with Crippen LogP contribution in [0.25, 0.3) is 5.69 Å². The summed E-state index contributed by atoms with van der Waals surface area (Å²) in [6, 6.07) is 24.6. The molecule has 16 nitrogen and oxygen atoms in total. The molecular weight excluding hydrogens is 1260 g/mol. The van der Waals surface area contributed by atoms with Gasteiger partial charge in [-0.25, -0.2) is 26.9 Å². The van der Waals surface area contributed by atoms with Crippen LogP contribution in [0.4, 0.5) is 8.78 Å². The molecule has 0 radical (unpaired) electrons. The molecule has 85 heavy (non-hydrogen) atoms. The largest absolute Gasteiger partial charge is 1.00 e. The lowest BCUT2D eigenvalue weighted by molar-refractivity contribution is -0.895. The van der Waals surface area contributed by atoms with E-state index in [-0.39, 0.29) is 82.0 Å². The van der Waals surface area contributed by atoms with Crippen molar-refractivity contribution >= 4 is 74.1 Å². The van der Waals surface area contributed by atoms with E-state index in [1.54, 1.807) is 54.7 Å². The first-order valence-electron chi connectivity index (χ1n) is 26.6. The summed E-state index contributed by atoms with van der Waals surface area (Å²) in [4.78, 5) is 17.3. The summed E-state index contributed by atoms with van der Waals surface area (Å²) in [6.45, 7) is 11.0. The monoisotopic (exact) mass is 1330 g/mol. The van der Waals surface area contributed by atoms with Crippen molar-refractivity contribution in [2.75, 3.05) is 81.7 Å². The first-order valence-corrected chi connectivity index (χ1v) is 30.6. The van der Waals surface area contributed by atoms with Gasteiger partial charge in [0.15, 0.2) is 17.4 Å². The number of aromatic nitrogens is 5. The smallest absolute Gasteiger partial charge is 0.250 e. The first-order chi connectivity index (χ1) is 39.0. The Morgan fingerprint density at radius 1 is 0.824 bits per heavy atom. The molecule has 1 amide bonds. The van der Waals surface area contributed by atoms with Crippen LogP contribution in [0.2, 0.25) is 20.1 Å². The second kappa shape index (κ2) is 29.4. The van der Waals surface area contributed by atoms with E-state index in [0.29, 0.717) is 63.0 Å². The lowest BCUT2D eigenvalue weighted by Crippen LogP contribution is -3.00. The molecule has 4 N–H and O–H groups in total. The van der Waals surface area contributed by atoms with E-state index >= 15 is 0 Å². The number of hydrogen-bond donors (Lipinski definition) is 3. The number of rotatable bonds is 22. The Bertz CT molecular complexity index is 3580. The maximum absolute atomic E-state index is 14.7. The van der Waals surface area contributed by atoms with Crippen molar-refractivity contribution in [3.05, 3.63) is 169 Å². The Morgan fingerprint density at radius 3 is 2.14 bits per heavy atom. The lowest BCUT2D eigenvalue weighted by Gasteiger charge is -2.39. The molecule has 0 bridgehead atoms. The van der Waals surface area contributed by atoms with Gasteiger partial charge in [-0.3, -0.25) is 9.36 Å². The van der Waals surface area contributed by atoms with E-state index in [4.69, 9.17) is 76.4 Å². The number of thioether (sulfide) groups is 1. The third-order valence-electron chi connectivity index (χ3n) is 14.5. The van der Waals surface area contributed by atoms with Gasteiger partial charge in [0, 0.05) is 52.6 Å². The zero-order chi connectivity index (χ0) is 60.8. The van der Waals surface area contributed by atoms with E-state index < -0.39 is 38.4 Å². The van der Waals surface area contributed by atoms with Crippen molar-refractivity contribution in [3.8, 4) is 22.9 Å². The lowest BCUT2D eigenvalue weighted by atomic mass is 9.81. The minimum Gasteiger partial charge on any atom is -1.00 e. The second-order valence-corrected chi connectivity index (χ2v) is 27.2. The zero-order valence-corrected chi connectivity index (χ0v) is 55.0. The first kappa shape index (κ1) is 70.8. The zero-order valence-electron chi connectivity index (χ0n) is 48.8. The van der Waals surface area contributed by atoms with Crippen LogP contribution in [0.15, 0.2) is 107 Å². The number of nitrogens with zero attached hydrogens (tertiary/aromatic N) is 7. The number of sulfonamides is 1. The number of carbonyl (C=O) groups excluding carboxylic acids is 1. The van der Waals surface area contributed by atoms with Gasteiger partial charge in [0.1, 0.15) is 42.2 Å². The summed E-state index contributed by atoms with van der Waals surface area (Å²) in [5.74, 6) is 1.79. The molecular formula is C59H71Cl6F2N9O7S2. The third-order valence-corrected chi connectivity index (χ3v) is 18.4. The number of halogens is 8. The Labute approximate surface area is 533 Å². The van der Waals surface area contributed by atoms with Gasteiger partial charge in [0.25, 0.3) is 0 Å². The Hall–Kier alpha value is -4.94. The van der Waals surface area contributed by atoms with E-state index in [0.717, 1.165) is 52.1 Å². The second-order valence-electron chi connectivity index (χ2n) is 22.8. The van der Waals surface area contributed by atoms with Gasteiger partial charge in [-0.2, -0.15) is 0 Å². The SMILES string of the molecule is CC(C)(c1cccc(S(=O)(=O)NCC[N+](C)(C)C)c1)c1cnc(CSc2ccc(OCCO)cc2Cl)n1-c1ccc(F)c(Cl)c1.COc1ccc(C(C)(C)c2nnc(COc3cc(Cl)c(C(N)=O)cc3Cl)n2C2CC[N+](C)(C)CC2)cc1F.[Cl-].[Cl-]. The molecule has 5 aromatic carbocycles. The minimum absolute atomic E-state index is 0. The molecule has 0 saturated carbocycles. The summed E-state index contributed by atoms with van der Waals surface area (Å²) in [6.07, 6.45) is 3.61. The molecule has 1 fully saturated rings. The number of methoxy groups -OCH3 is 1. The molecule has 2 aromatic heterocycles. The van der Waals surface area contributed by atoms with E-state index in [2.05, 4.69) is 33.6 Å². The number of aliphatic hydroxyl groups is 1. The number of likely N-dealkylation sites (tertiary alicyclic amines) is 1. The number of likely N-dealkylation sites (N-methyl/N-ethyl adjacent to an activating group) is 1. The molecule has 1 aliphatic rings. The third kappa shape index (κ3) is 17.4. The number of amides is 1. The fourth-order valence-corrected chi connectivity index (χ4v) is 12.4. The predicted octanol–water partition coefficient (Wildman–Crippen LogP) is 5.45. The van der Waals surface area contributed by atoms with Crippen molar-refractivity contribution in [1.82, 2.24) is 29.0 Å². The number of carbonyl (C=O) groups is 1. The molecule has 0 spiro atoms. The summed E-state index contributed by atoms with van der Waals surface area (Å²) >= 11 is 26.8. The average Bonchev–Trinajstić information content (AvgIpc) is 1.96. The number of nitrogens with one attached hydrogen (secondary N) is 1. The van der Waals surface area contributed by atoms with Crippen LogP contribution in [-0.2, 0) is 33.2 Å². The van der Waals surface area contributed by atoms with Crippen molar-refractivity contribution in [1.29, 1.82) is 0 Å². The average molecular weight is 1330 g/mol. The summed E-state index contributed by atoms with van der Waals surface area (Å²) in [7, 11) is 8.14. The number of imidazole rings is 1. The maximum Gasteiger partial charge on any atom is 0.250 e. The van der Waals surface area contributed by atoms with Crippen LogP contribution in [0.3, 0.4) is 0 Å². The Kier molecular flexibility index (Phi) is 24.5. The highest BCUT2D eigenvalue weighted by Crippen LogP contribution is 2.41. The summed E-state index contributed by atoms with van der Waals surface area (Å²) in [5.41, 5.74) is 6.96. The van der Waals surface area contributed by atoms with Gasteiger partial charge >= 0.3 is 0 Å². The molecule has 0 unspecified atom stereocenters. The van der Waals surface area contributed by atoms with Gasteiger partial charge in [-0.05, 0) is 91.7 Å². The summed E-state index contributed by atoms with van der Waals surface area (Å²) in [5, 5.41) is 18.9. The molecule has 1 aliphatic heterocycles. The quantitative estimate of drug-likeness (QED) is 0.0580. The molecule has 1 saturated heterocycles. The molecule has 462 valence electrons. The highest BCUT2D eigenvalue weighted by atomic mass is 35.5. The topological polar surface area (TPSA) is 186 Å². The Balaban J connectivity index is 0.000000307. The Morgan fingerprint density at radius 2 is 1.52 bits per heavy atom. The molecule has 7 aromatic rings. The molecule has 0 aliphatic carbocycles. The molecule has 3 heterocycles. The maximum atomic E-state index is 14.7. The minimum atomic E-state index is -3.75. The summed E-state index contributed by atoms with van der Waals surface area (Å²) < 4.78 is 80.2. The fourth-order valence-electron chi connectivity index (χ4n) is 9.54. The van der Waals surface area contributed by atoms with Crippen molar-refractivity contribution in [2.24, 2.45) is 5.73 Å². The number of aliphatic hydroxyl groups excluding tert-OH is 1. The number of nitrogens with two attached hydrogens (primary N) is 1. The molecule has 8 rings (SSSR count). The van der Waals surface area contributed by atoms with Crippen LogP contribution in [0.5, 0.6) is 17.2 Å². The number of hydrogen-bond acceptors (Lipinski definition) is 11. The molecule has 0 atom stereocenters.